The Hall–Kier alpha value is -1.22. The third kappa shape index (κ3) is 1.55. The summed E-state index contributed by atoms with van der Waals surface area (Å²) >= 11 is 0. The van der Waals surface area contributed by atoms with E-state index < -0.39 is 0 Å². The molecule has 0 N–H and O–H groups in total. The molecule has 0 spiro atoms. The molecule has 0 amide bonds. The molecule has 86 valence electrons. The van der Waals surface area contributed by atoms with Crippen molar-refractivity contribution in [2.75, 3.05) is 20.3 Å². The molecule has 0 aromatic heterocycles. The van der Waals surface area contributed by atoms with Crippen LogP contribution < -0.4 is 9.47 Å². The summed E-state index contributed by atoms with van der Waals surface area (Å²) in [7, 11) is 1.72. The lowest BCUT2D eigenvalue weighted by Crippen LogP contribution is -2.31. The summed E-state index contributed by atoms with van der Waals surface area (Å²) in [5.41, 5.74) is 1.20. The molecule has 1 saturated heterocycles. The number of fused-ring (bicyclic) bond motifs is 2. The Balaban J connectivity index is 1.97. The number of ether oxygens (including phenoxy) is 2. The molecule has 1 fully saturated rings. The summed E-state index contributed by atoms with van der Waals surface area (Å²) in [5.74, 6) is 1.94. The van der Waals surface area contributed by atoms with Gasteiger partial charge in [0.05, 0.1) is 12.7 Å². The van der Waals surface area contributed by atoms with Gasteiger partial charge in [0.2, 0.25) is 0 Å². The van der Waals surface area contributed by atoms with Gasteiger partial charge < -0.3 is 9.47 Å². The van der Waals surface area contributed by atoms with Gasteiger partial charge in [-0.2, -0.15) is 0 Å². The van der Waals surface area contributed by atoms with E-state index in [0.29, 0.717) is 6.04 Å². The highest BCUT2D eigenvalue weighted by molar-refractivity contribution is 5.45. The number of rotatable bonds is 1. The average molecular weight is 219 g/mol. The molecule has 3 nitrogen and oxygen atoms in total. The van der Waals surface area contributed by atoms with E-state index in [2.05, 4.69) is 4.90 Å². The molecule has 0 radical (unpaired) electrons. The van der Waals surface area contributed by atoms with Gasteiger partial charge >= 0.3 is 0 Å². The Morgan fingerprint density at radius 2 is 2.38 bits per heavy atom. The van der Waals surface area contributed by atoms with Crippen molar-refractivity contribution in [3.05, 3.63) is 23.8 Å². The molecular formula is C13H17NO2. The SMILES string of the molecule is COc1cccc2c1CN1CCCC1CO2. The zero-order valence-corrected chi connectivity index (χ0v) is 9.61. The Morgan fingerprint density at radius 3 is 3.25 bits per heavy atom. The first kappa shape index (κ1) is 9.97. The number of methoxy groups -OCH3 is 1. The second-order valence-electron chi connectivity index (χ2n) is 4.51. The average Bonchev–Trinajstić information content (AvgIpc) is 2.68. The van der Waals surface area contributed by atoms with Crippen LogP contribution in [0.3, 0.4) is 0 Å². The van der Waals surface area contributed by atoms with Crippen molar-refractivity contribution in [2.45, 2.75) is 25.4 Å². The summed E-state index contributed by atoms with van der Waals surface area (Å²) in [6.07, 6.45) is 2.55. The molecule has 1 atom stereocenters. The molecule has 0 saturated carbocycles. The Morgan fingerprint density at radius 1 is 1.44 bits per heavy atom. The topological polar surface area (TPSA) is 21.7 Å². The first-order valence-electron chi connectivity index (χ1n) is 5.91. The second-order valence-corrected chi connectivity index (χ2v) is 4.51. The highest BCUT2D eigenvalue weighted by Gasteiger charge is 2.29. The fourth-order valence-corrected chi connectivity index (χ4v) is 2.71. The van der Waals surface area contributed by atoms with Crippen LogP contribution in [0.4, 0.5) is 0 Å². The molecular weight excluding hydrogens is 202 g/mol. The van der Waals surface area contributed by atoms with Crippen molar-refractivity contribution in [1.82, 2.24) is 4.90 Å². The van der Waals surface area contributed by atoms with Crippen molar-refractivity contribution in [1.29, 1.82) is 0 Å². The van der Waals surface area contributed by atoms with Gasteiger partial charge in [-0.05, 0) is 31.5 Å². The van der Waals surface area contributed by atoms with E-state index in [0.717, 1.165) is 24.7 Å². The zero-order valence-electron chi connectivity index (χ0n) is 9.61. The first-order chi connectivity index (χ1) is 7.88. The molecule has 1 unspecified atom stereocenters. The summed E-state index contributed by atoms with van der Waals surface area (Å²) in [4.78, 5) is 2.51. The number of hydrogen-bond acceptors (Lipinski definition) is 3. The van der Waals surface area contributed by atoms with Crippen LogP contribution in [-0.4, -0.2) is 31.2 Å². The van der Waals surface area contributed by atoms with Gasteiger partial charge in [-0.15, -0.1) is 0 Å². The fourth-order valence-electron chi connectivity index (χ4n) is 2.71. The van der Waals surface area contributed by atoms with E-state index in [1.54, 1.807) is 7.11 Å². The molecule has 1 aromatic rings. The molecule has 16 heavy (non-hydrogen) atoms. The van der Waals surface area contributed by atoms with Crippen LogP contribution in [0.2, 0.25) is 0 Å². The number of nitrogens with zero attached hydrogens (tertiary/aromatic N) is 1. The number of hydrogen-bond donors (Lipinski definition) is 0. The molecule has 1 aromatic carbocycles. The molecule has 3 rings (SSSR count). The van der Waals surface area contributed by atoms with Crippen LogP contribution in [0.25, 0.3) is 0 Å². The smallest absolute Gasteiger partial charge is 0.127 e. The van der Waals surface area contributed by atoms with Crippen molar-refractivity contribution >= 4 is 0 Å². The first-order valence-corrected chi connectivity index (χ1v) is 5.91. The zero-order chi connectivity index (χ0) is 11.0. The minimum atomic E-state index is 0.595. The lowest BCUT2D eigenvalue weighted by atomic mass is 10.1. The van der Waals surface area contributed by atoms with Gasteiger partial charge in [-0.1, -0.05) is 6.07 Å². The van der Waals surface area contributed by atoms with E-state index in [1.165, 1.54) is 24.9 Å². The minimum absolute atomic E-state index is 0.595. The van der Waals surface area contributed by atoms with Crippen LogP contribution >= 0.6 is 0 Å². The van der Waals surface area contributed by atoms with Gasteiger partial charge in [0.25, 0.3) is 0 Å². The molecule has 2 aliphatic rings. The predicted molar refractivity (Wildman–Crippen MR) is 61.9 cm³/mol. The molecule has 0 aliphatic carbocycles. The molecule has 2 heterocycles. The summed E-state index contributed by atoms with van der Waals surface area (Å²) in [6.45, 7) is 2.97. The van der Waals surface area contributed by atoms with Crippen LogP contribution in [0.5, 0.6) is 11.5 Å². The van der Waals surface area contributed by atoms with Crippen LogP contribution in [0.1, 0.15) is 18.4 Å². The Bertz CT molecular complexity index is 392. The summed E-state index contributed by atoms with van der Waals surface area (Å²) in [5, 5.41) is 0. The monoisotopic (exact) mass is 219 g/mol. The quantitative estimate of drug-likeness (QED) is 0.721. The van der Waals surface area contributed by atoms with Gasteiger partial charge in [0, 0.05) is 12.6 Å². The molecule has 3 heteroatoms. The van der Waals surface area contributed by atoms with Gasteiger partial charge in [0.15, 0.2) is 0 Å². The fraction of sp³-hybridized carbons (Fsp3) is 0.538. The maximum absolute atomic E-state index is 5.88. The van der Waals surface area contributed by atoms with Crippen molar-refractivity contribution in [2.24, 2.45) is 0 Å². The normalized spacial score (nSPS) is 24.2. The maximum atomic E-state index is 5.88. The highest BCUT2D eigenvalue weighted by Crippen LogP contribution is 2.34. The molecule has 0 bridgehead atoms. The summed E-state index contributed by atoms with van der Waals surface area (Å²) in [6, 6.07) is 6.64. The Labute approximate surface area is 96.0 Å². The Kier molecular flexibility index (Phi) is 2.48. The predicted octanol–water partition coefficient (Wildman–Crippen LogP) is 2.05. The van der Waals surface area contributed by atoms with Crippen molar-refractivity contribution in [3.8, 4) is 11.5 Å². The minimum Gasteiger partial charge on any atom is -0.496 e. The van der Waals surface area contributed by atoms with E-state index in [1.807, 2.05) is 18.2 Å². The summed E-state index contributed by atoms with van der Waals surface area (Å²) < 4.78 is 11.3. The van der Waals surface area contributed by atoms with Gasteiger partial charge in [0.1, 0.15) is 18.1 Å². The van der Waals surface area contributed by atoms with Crippen molar-refractivity contribution in [3.63, 3.8) is 0 Å². The largest absolute Gasteiger partial charge is 0.496 e. The standard InChI is InChI=1S/C13H17NO2/c1-15-12-5-2-6-13-11(12)8-14-7-3-4-10(14)9-16-13/h2,5-6,10H,3-4,7-9H2,1H3. The number of benzene rings is 1. The van der Waals surface area contributed by atoms with Crippen LogP contribution in [-0.2, 0) is 6.54 Å². The maximum Gasteiger partial charge on any atom is 0.127 e. The third-order valence-electron chi connectivity index (χ3n) is 3.60. The van der Waals surface area contributed by atoms with Crippen molar-refractivity contribution < 1.29 is 9.47 Å². The third-order valence-corrected chi connectivity index (χ3v) is 3.60. The van der Waals surface area contributed by atoms with Crippen LogP contribution in [0, 0.1) is 0 Å². The van der Waals surface area contributed by atoms with E-state index >= 15 is 0 Å². The molecule has 2 aliphatic heterocycles. The van der Waals surface area contributed by atoms with Crippen LogP contribution in [0.15, 0.2) is 18.2 Å². The van der Waals surface area contributed by atoms with E-state index in [-0.39, 0.29) is 0 Å². The van der Waals surface area contributed by atoms with Gasteiger partial charge in [-0.3, -0.25) is 4.90 Å². The van der Waals surface area contributed by atoms with Gasteiger partial charge in [-0.25, -0.2) is 0 Å². The van der Waals surface area contributed by atoms with E-state index in [4.69, 9.17) is 9.47 Å². The van der Waals surface area contributed by atoms with E-state index in [9.17, 15) is 0 Å². The highest BCUT2D eigenvalue weighted by atomic mass is 16.5. The second kappa shape index (κ2) is 3.98. The lowest BCUT2D eigenvalue weighted by molar-refractivity contribution is 0.188. The lowest BCUT2D eigenvalue weighted by Gasteiger charge is -2.20.